The van der Waals surface area contributed by atoms with E-state index < -0.39 is 10.2 Å². The van der Waals surface area contributed by atoms with Crippen LogP contribution in [0.4, 0.5) is 0 Å². The van der Waals surface area contributed by atoms with Crippen molar-refractivity contribution in [2.24, 2.45) is 5.92 Å². The predicted octanol–water partition coefficient (Wildman–Crippen LogP) is 1.51. The van der Waals surface area contributed by atoms with Gasteiger partial charge in [0.2, 0.25) is 0 Å². The summed E-state index contributed by atoms with van der Waals surface area (Å²) in [5, 5.41) is 3.17. The lowest BCUT2D eigenvalue weighted by Gasteiger charge is -2.29. The highest BCUT2D eigenvalue weighted by molar-refractivity contribution is 7.87. The summed E-state index contributed by atoms with van der Waals surface area (Å²) in [5.74, 6) is 0.418. The van der Waals surface area contributed by atoms with Crippen molar-refractivity contribution in [1.29, 1.82) is 0 Å². The van der Waals surface area contributed by atoms with Gasteiger partial charge in [0.25, 0.3) is 10.2 Å². The normalized spacial score (nSPS) is 18.8. The maximum atomic E-state index is 12.5. The van der Waals surface area contributed by atoms with E-state index in [4.69, 9.17) is 0 Å². The summed E-state index contributed by atoms with van der Waals surface area (Å²) < 4.78 is 29.5. The summed E-state index contributed by atoms with van der Waals surface area (Å²) in [6.45, 7) is 6.68. The molecule has 1 heterocycles. The smallest absolute Gasteiger partial charge is 0.280 e. The van der Waals surface area contributed by atoms with Gasteiger partial charge >= 0.3 is 0 Å². The molecule has 1 aromatic rings. The number of benzene rings is 1. The molecule has 118 valence electrons. The number of nitrogens with one attached hydrogen (secondary N) is 2. The summed E-state index contributed by atoms with van der Waals surface area (Å²) in [4.78, 5) is 0. The van der Waals surface area contributed by atoms with Gasteiger partial charge in [-0.15, -0.1) is 0 Å². The molecule has 0 aliphatic carbocycles. The molecule has 1 unspecified atom stereocenters. The highest BCUT2D eigenvalue weighted by Crippen LogP contribution is 2.22. The lowest BCUT2D eigenvalue weighted by atomic mass is 9.98. The fraction of sp³-hybridized carbons (Fsp3) is 0.600. The Kier molecular flexibility index (Phi) is 5.75. The third kappa shape index (κ3) is 4.78. The zero-order valence-corrected chi connectivity index (χ0v) is 13.6. The lowest BCUT2D eigenvalue weighted by molar-refractivity contribution is 0.347. The van der Waals surface area contributed by atoms with Gasteiger partial charge in [0.05, 0.1) is 0 Å². The number of rotatable bonds is 6. The summed E-state index contributed by atoms with van der Waals surface area (Å²) in [6, 6.07) is 9.62. The average molecular weight is 311 g/mol. The van der Waals surface area contributed by atoms with Gasteiger partial charge in [-0.3, -0.25) is 0 Å². The summed E-state index contributed by atoms with van der Waals surface area (Å²) >= 11 is 0. The van der Waals surface area contributed by atoms with Gasteiger partial charge in [-0.25, -0.2) is 0 Å². The third-order valence-corrected chi connectivity index (χ3v) is 5.24. The van der Waals surface area contributed by atoms with Crippen LogP contribution in [0.25, 0.3) is 0 Å². The standard InChI is InChI=1S/C15H25N3O2S/c1-13(2)12-15(14-6-4-3-5-7-14)17-21(19,20)18-10-8-16-9-11-18/h3-7,13,15-17H,8-12H2,1-2H3. The van der Waals surface area contributed by atoms with Crippen molar-refractivity contribution < 1.29 is 8.42 Å². The molecule has 1 saturated heterocycles. The number of hydrogen-bond donors (Lipinski definition) is 2. The van der Waals surface area contributed by atoms with Crippen LogP contribution < -0.4 is 10.0 Å². The SMILES string of the molecule is CC(C)CC(NS(=O)(=O)N1CCNCC1)c1ccccc1. The first-order valence-corrected chi connectivity index (χ1v) is 8.96. The van der Waals surface area contributed by atoms with Gasteiger partial charge in [0.15, 0.2) is 0 Å². The number of piperazine rings is 1. The monoisotopic (exact) mass is 311 g/mol. The first-order chi connectivity index (χ1) is 9.99. The van der Waals surface area contributed by atoms with Crippen LogP contribution in [0.1, 0.15) is 31.9 Å². The van der Waals surface area contributed by atoms with Gasteiger partial charge in [-0.2, -0.15) is 17.4 Å². The number of nitrogens with zero attached hydrogens (tertiary/aromatic N) is 1. The topological polar surface area (TPSA) is 61.4 Å². The number of hydrogen-bond acceptors (Lipinski definition) is 3. The van der Waals surface area contributed by atoms with Crippen LogP contribution >= 0.6 is 0 Å². The highest BCUT2D eigenvalue weighted by Gasteiger charge is 2.27. The Morgan fingerprint density at radius 3 is 2.38 bits per heavy atom. The van der Waals surface area contributed by atoms with Crippen LogP contribution in [0.2, 0.25) is 0 Å². The molecule has 0 aromatic heterocycles. The minimum atomic E-state index is -3.43. The fourth-order valence-corrected chi connectivity index (χ4v) is 3.95. The molecule has 0 amide bonds. The highest BCUT2D eigenvalue weighted by atomic mass is 32.2. The van der Waals surface area contributed by atoms with Gasteiger partial charge < -0.3 is 5.32 Å². The molecule has 5 nitrogen and oxygen atoms in total. The average Bonchev–Trinajstić information content (AvgIpc) is 2.48. The van der Waals surface area contributed by atoms with E-state index in [9.17, 15) is 8.42 Å². The Labute approximate surface area is 127 Å². The van der Waals surface area contributed by atoms with E-state index in [0.29, 0.717) is 32.1 Å². The van der Waals surface area contributed by atoms with E-state index in [1.165, 1.54) is 4.31 Å². The molecule has 2 N–H and O–H groups in total. The molecular formula is C15H25N3O2S. The van der Waals surface area contributed by atoms with Gasteiger partial charge in [-0.05, 0) is 17.9 Å². The van der Waals surface area contributed by atoms with E-state index in [1.54, 1.807) is 0 Å². The zero-order chi connectivity index (χ0) is 15.3. The van der Waals surface area contributed by atoms with Crippen molar-refractivity contribution in [3.05, 3.63) is 35.9 Å². The maximum absolute atomic E-state index is 12.5. The van der Waals surface area contributed by atoms with Crippen LogP contribution in [0.3, 0.4) is 0 Å². The Balaban J connectivity index is 2.14. The Bertz CT molecular complexity index is 525. The van der Waals surface area contributed by atoms with Crippen molar-refractivity contribution in [1.82, 2.24) is 14.3 Å². The van der Waals surface area contributed by atoms with E-state index in [-0.39, 0.29) is 6.04 Å². The molecule has 0 saturated carbocycles. The second-order valence-corrected chi connectivity index (χ2v) is 7.57. The summed E-state index contributed by atoms with van der Waals surface area (Å²) in [6.07, 6.45) is 0.787. The van der Waals surface area contributed by atoms with Crippen molar-refractivity contribution in [3.63, 3.8) is 0 Å². The molecule has 1 fully saturated rings. The van der Waals surface area contributed by atoms with Crippen LogP contribution in [-0.4, -0.2) is 38.9 Å². The lowest BCUT2D eigenvalue weighted by Crippen LogP contribution is -2.51. The molecule has 1 aromatic carbocycles. The molecule has 6 heteroatoms. The van der Waals surface area contributed by atoms with E-state index >= 15 is 0 Å². The minimum Gasteiger partial charge on any atom is -0.314 e. The molecule has 0 radical (unpaired) electrons. The van der Waals surface area contributed by atoms with E-state index in [0.717, 1.165) is 12.0 Å². The molecule has 2 rings (SSSR count). The first kappa shape index (κ1) is 16.4. The zero-order valence-electron chi connectivity index (χ0n) is 12.7. The largest absolute Gasteiger partial charge is 0.314 e. The predicted molar refractivity (Wildman–Crippen MR) is 85.1 cm³/mol. The molecule has 0 bridgehead atoms. The molecule has 1 atom stereocenters. The van der Waals surface area contributed by atoms with E-state index in [2.05, 4.69) is 23.9 Å². The fourth-order valence-electron chi connectivity index (χ4n) is 2.55. The van der Waals surface area contributed by atoms with Crippen LogP contribution in [-0.2, 0) is 10.2 Å². The minimum absolute atomic E-state index is 0.175. The van der Waals surface area contributed by atoms with Crippen LogP contribution in [0.5, 0.6) is 0 Å². The third-order valence-electron chi connectivity index (χ3n) is 3.62. The van der Waals surface area contributed by atoms with Gasteiger partial charge in [0.1, 0.15) is 0 Å². The van der Waals surface area contributed by atoms with Crippen molar-refractivity contribution in [3.8, 4) is 0 Å². The van der Waals surface area contributed by atoms with Crippen LogP contribution in [0.15, 0.2) is 30.3 Å². The molecule has 0 spiro atoms. The Morgan fingerprint density at radius 2 is 1.81 bits per heavy atom. The summed E-state index contributed by atoms with van der Waals surface area (Å²) in [7, 11) is -3.43. The molecular weight excluding hydrogens is 286 g/mol. The van der Waals surface area contributed by atoms with Gasteiger partial charge in [-0.1, -0.05) is 44.2 Å². The van der Waals surface area contributed by atoms with Gasteiger partial charge in [0, 0.05) is 32.2 Å². The van der Waals surface area contributed by atoms with Crippen LogP contribution in [0, 0.1) is 5.92 Å². The second-order valence-electron chi connectivity index (χ2n) is 5.86. The maximum Gasteiger partial charge on any atom is 0.280 e. The second kappa shape index (κ2) is 7.35. The van der Waals surface area contributed by atoms with Crippen molar-refractivity contribution >= 4 is 10.2 Å². The quantitative estimate of drug-likeness (QED) is 0.837. The van der Waals surface area contributed by atoms with Crippen molar-refractivity contribution in [2.75, 3.05) is 26.2 Å². The van der Waals surface area contributed by atoms with Crippen molar-refractivity contribution in [2.45, 2.75) is 26.3 Å². The summed E-state index contributed by atoms with van der Waals surface area (Å²) in [5.41, 5.74) is 1.02. The first-order valence-electron chi connectivity index (χ1n) is 7.52. The molecule has 1 aliphatic heterocycles. The Morgan fingerprint density at radius 1 is 1.19 bits per heavy atom. The Hall–Kier alpha value is -0.950. The van der Waals surface area contributed by atoms with E-state index in [1.807, 2.05) is 30.3 Å². The molecule has 21 heavy (non-hydrogen) atoms. The molecule has 1 aliphatic rings.